The molecule has 1 aromatic heterocycles. The second kappa shape index (κ2) is 13.4. The van der Waals surface area contributed by atoms with Crippen LogP contribution in [0.15, 0.2) is 86.2 Å². The third kappa shape index (κ3) is 6.79. The summed E-state index contributed by atoms with van der Waals surface area (Å²) in [6.07, 6.45) is -3.49. The molecule has 228 valence electrons. The molecule has 44 heavy (non-hydrogen) atoms. The van der Waals surface area contributed by atoms with E-state index >= 15 is 0 Å². The first-order chi connectivity index (χ1) is 20.9. The molecule has 4 aromatic rings. The third-order valence-electron chi connectivity index (χ3n) is 6.43. The zero-order valence-corrected chi connectivity index (χ0v) is 28.5. The number of aromatic nitrogens is 1. The van der Waals surface area contributed by atoms with Gasteiger partial charge in [0.1, 0.15) is 12.4 Å². The van der Waals surface area contributed by atoms with E-state index in [4.69, 9.17) is 32.7 Å². The van der Waals surface area contributed by atoms with Crippen molar-refractivity contribution in [1.29, 1.82) is 0 Å². The number of rotatable bonds is 7. The van der Waals surface area contributed by atoms with Crippen molar-refractivity contribution in [2.24, 2.45) is 4.99 Å². The average Bonchev–Trinajstić information content (AvgIpc) is 3.27. The van der Waals surface area contributed by atoms with E-state index in [1.54, 1.807) is 18.2 Å². The number of fused-ring (bicyclic) bond motifs is 1. The smallest absolute Gasteiger partial charge is 0.434 e. The van der Waals surface area contributed by atoms with Crippen LogP contribution in [-0.4, -0.2) is 23.3 Å². The Labute approximate surface area is 284 Å². The molecule has 0 amide bonds. The van der Waals surface area contributed by atoms with Crippen molar-refractivity contribution < 1.29 is 27.4 Å². The van der Waals surface area contributed by atoms with Crippen molar-refractivity contribution in [3.05, 3.63) is 126 Å². The third-order valence-corrected chi connectivity index (χ3v) is 9.30. The molecule has 0 saturated heterocycles. The van der Waals surface area contributed by atoms with Crippen LogP contribution in [0.25, 0.3) is 6.08 Å². The Morgan fingerprint density at radius 2 is 1.86 bits per heavy atom. The molecule has 1 aliphatic heterocycles. The summed E-state index contributed by atoms with van der Waals surface area (Å²) in [4.78, 5) is 30.6. The number of hydrogen-bond acceptors (Lipinski definition) is 6. The van der Waals surface area contributed by atoms with Crippen LogP contribution in [-0.2, 0) is 16.1 Å². The summed E-state index contributed by atoms with van der Waals surface area (Å²) in [7, 11) is 0. The number of benzene rings is 3. The SMILES string of the molecule is CCOC(=O)C1=C(C(F)(F)F)N=c2s/c(=C\c3cc(Br)cc(I)c3OCc3ccccc3Cl)c(=O)n2[C@H]1c1ccc(Cl)cc1. The number of halogens is 7. The van der Waals surface area contributed by atoms with E-state index in [1.165, 1.54) is 37.3 Å². The highest BCUT2D eigenvalue weighted by molar-refractivity contribution is 14.1. The van der Waals surface area contributed by atoms with Gasteiger partial charge in [-0.25, -0.2) is 9.79 Å². The van der Waals surface area contributed by atoms with Gasteiger partial charge in [0.15, 0.2) is 10.5 Å². The molecule has 0 spiro atoms. The van der Waals surface area contributed by atoms with Crippen molar-refractivity contribution in [2.75, 3.05) is 6.61 Å². The monoisotopic (exact) mass is 836 g/mol. The van der Waals surface area contributed by atoms with Gasteiger partial charge >= 0.3 is 12.1 Å². The normalized spacial score (nSPS) is 15.2. The highest BCUT2D eigenvalue weighted by Gasteiger charge is 2.45. The van der Waals surface area contributed by atoms with Crippen LogP contribution in [0.3, 0.4) is 0 Å². The summed E-state index contributed by atoms with van der Waals surface area (Å²) in [5.41, 5.74) is -1.41. The predicted molar refractivity (Wildman–Crippen MR) is 175 cm³/mol. The lowest BCUT2D eigenvalue weighted by molar-refractivity contribution is -0.140. The van der Waals surface area contributed by atoms with Gasteiger partial charge in [-0.1, -0.05) is 80.8 Å². The second-order valence-electron chi connectivity index (χ2n) is 9.30. The molecule has 3 aromatic carbocycles. The second-order valence-corrected chi connectivity index (χ2v) is 13.2. The fraction of sp³-hybridized carbons (Fsp3) is 0.167. The van der Waals surface area contributed by atoms with Crippen LogP contribution >= 0.6 is 73.1 Å². The lowest BCUT2D eigenvalue weighted by Crippen LogP contribution is -2.41. The van der Waals surface area contributed by atoms with E-state index in [0.29, 0.717) is 29.4 Å². The minimum Gasteiger partial charge on any atom is -0.487 e. The van der Waals surface area contributed by atoms with E-state index in [2.05, 4.69) is 43.5 Å². The largest absolute Gasteiger partial charge is 0.487 e. The Balaban J connectivity index is 1.72. The molecule has 14 heteroatoms. The van der Waals surface area contributed by atoms with Crippen LogP contribution in [0.5, 0.6) is 5.75 Å². The van der Waals surface area contributed by atoms with Crippen molar-refractivity contribution in [2.45, 2.75) is 25.7 Å². The number of ether oxygens (including phenoxy) is 2. The minimum atomic E-state index is -5.01. The van der Waals surface area contributed by atoms with Crippen LogP contribution in [0.1, 0.15) is 29.7 Å². The Morgan fingerprint density at radius 1 is 1.16 bits per heavy atom. The molecule has 0 bridgehead atoms. The van der Waals surface area contributed by atoms with Crippen LogP contribution < -0.4 is 19.6 Å². The number of hydrogen-bond donors (Lipinski definition) is 0. The summed E-state index contributed by atoms with van der Waals surface area (Å²) >= 11 is 18.7. The Morgan fingerprint density at radius 3 is 2.52 bits per heavy atom. The molecular formula is C30H19BrCl2F3IN2O4S. The molecule has 0 aliphatic carbocycles. The molecule has 0 N–H and O–H groups in total. The molecule has 2 heterocycles. The highest BCUT2D eigenvalue weighted by atomic mass is 127. The summed E-state index contributed by atoms with van der Waals surface area (Å²) in [5, 5.41) is 0.849. The summed E-state index contributed by atoms with van der Waals surface area (Å²) in [6.45, 7) is 1.43. The number of nitrogens with zero attached hydrogens (tertiary/aromatic N) is 2. The highest BCUT2D eigenvalue weighted by Crippen LogP contribution is 2.39. The maximum atomic E-state index is 14.4. The molecule has 6 nitrogen and oxygen atoms in total. The van der Waals surface area contributed by atoms with E-state index < -0.39 is 35.0 Å². The molecular weight excluding hydrogens is 819 g/mol. The minimum absolute atomic E-state index is 0.0749. The van der Waals surface area contributed by atoms with Gasteiger partial charge in [-0.05, 0) is 71.5 Å². The molecule has 5 rings (SSSR count). The van der Waals surface area contributed by atoms with Gasteiger partial charge < -0.3 is 9.47 Å². The van der Waals surface area contributed by atoms with Crippen molar-refractivity contribution >= 4 is 85.1 Å². The lowest BCUT2D eigenvalue weighted by Gasteiger charge is -2.26. The number of esters is 1. The number of allylic oxidation sites excluding steroid dienone is 1. The topological polar surface area (TPSA) is 69.9 Å². The van der Waals surface area contributed by atoms with Gasteiger partial charge in [-0.15, -0.1) is 0 Å². The van der Waals surface area contributed by atoms with E-state index in [1.807, 2.05) is 18.2 Å². The van der Waals surface area contributed by atoms with Crippen molar-refractivity contribution in [1.82, 2.24) is 4.57 Å². The van der Waals surface area contributed by atoms with E-state index in [9.17, 15) is 22.8 Å². The van der Waals surface area contributed by atoms with Crippen LogP contribution in [0, 0.1) is 3.57 Å². The summed E-state index contributed by atoms with van der Waals surface area (Å²) in [5.74, 6) is -0.786. The molecule has 0 unspecified atom stereocenters. The first-order valence-corrected chi connectivity index (χ1v) is 16.2. The molecule has 0 saturated carbocycles. The zero-order chi connectivity index (χ0) is 31.8. The number of carbonyl (C=O) groups is 1. The predicted octanol–water partition coefficient (Wildman–Crippen LogP) is 7.59. The van der Waals surface area contributed by atoms with Gasteiger partial charge in [0.05, 0.1) is 26.3 Å². The molecule has 1 atom stereocenters. The molecule has 0 fully saturated rings. The van der Waals surface area contributed by atoms with Gasteiger partial charge in [-0.3, -0.25) is 9.36 Å². The van der Waals surface area contributed by atoms with Gasteiger partial charge in [0.2, 0.25) is 0 Å². The number of carbonyl (C=O) groups excluding carboxylic acids is 1. The van der Waals surface area contributed by atoms with E-state index in [0.717, 1.165) is 21.5 Å². The summed E-state index contributed by atoms with van der Waals surface area (Å²) in [6, 6.07) is 15.1. The van der Waals surface area contributed by atoms with Gasteiger partial charge in [0, 0.05) is 25.6 Å². The Bertz CT molecular complexity index is 1980. The average molecular weight is 838 g/mol. The lowest BCUT2D eigenvalue weighted by atomic mass is 9.95. The fourth-order valence-electron chi connectivity index (χ4n) is 4.55. The standard InChI is InChI=1S/C30H19BrCl2F3IN2O4S/c1-2-42-28(41)23-24(15-7-9-19(32)10-8-15)39-27(40)22(44-29(39)38-26(23)30(34,35)36)12-17-11-18(31)13-21(37)25(17)43-14-16-5-3-4-6-20(16)33/h3-13,24H,2,14H2,1H3/b22-12-/t24-/m0/s1. The first-order valence-electron chi connectivity index (χ1n) is 12.8. The fourth-order valence-corrected chi connectivity index (χ4v) is 7.56. The Hall–Kier alpha value is -2.65. The quantitative estimate of drug-likeness (QED) is 0.142. The first kappa shape index (κ1) is 32.7. The van der Waals surface area contributed by atoms with Crippen LogP contribution in [0.4, 0.5) is 13.2 Å². The van der Waals surface area contributed by atoms with Crippen LogP contribution in [0.2, 0.25) is 10.0 Å². The molecule has 1 aliphatic rings. The number of alkyl halides is 3. The molecule has 0 radical (unpaired) electrons. The van der Waals surface area contributed by atoms with Crippen molar-refractivity contribution in [3.63, 3.8) is 0 Å². The van der Waals surface area contributed by atoms with Gasteiger partial charge in [0.25, 0.3) is 5.56 Å². The Kier molecular flexibility index (Phi) is 9.95. The summed E-state index contributed by atoms with van der Waals surface area (Å²) < 4.78 is 56.9. The van der Waals surface area contributed by atoms with Crippen molar-refractivity contribution in [3.8, 4) is 5.75 Å². The maximum Gasteiger partial charge on any atom is 0.434 e. The maximum absolute atomic E-state index is 14.4. The van der Waals surface area contributed by atoms with E-state index in [-0.39, 0.29) is 28.1 Å². The number of thiazole rings is 1. The zero-order valence-electron chi connectivity index (χ0n) is 22.4. The van der Waals surface area contributed by atoms with Gasteiger partial charge in [-0.2, -0.15) is 13.2 Å².